The maximum absolute atomic E-state index is 12.6. The smallest absolute Gasteiger partial charge is 0.420 e. The van der Waals surface area contributed by atoms with Crippen LogP contribution in [-0.4, -0.2) is 41.0 Å². The second-order valence-electron chi connectivity index (χ2n) is 6.86. The molecule has 0 atom stereocenters. The van der Waals surface area contributed by atoms with Crippen molar-refractivity contribution >= 4 is 23.6 Å². The fraction of sp³-hybridized carbons (Fsp3) is 0.136. The molecule has 9 nitrogen and oxygen atoms in total. The molecule has 12 heteroatoms. The highest BCUT2D eigenvalue weighted by atomic mass is 19.4. The number of aromatic nitrogens is 2. The van der Waals surface area contributed by atoms with Gasteiger partial charge in [-0.2, -0.15) is 13.2 Å². The lowest BCUT2D eigenvalue weighted by atomic mass is 10.1. The van der Waals surface area contributed by atoms with Gasteiger partial charge in [-0.1, -0.05) is 24.3 Å². The van der Waals surface area contributed by atoms with E-state index < -0.39 is 24.0 Å². The number of carbonyl (C=O) groups excluding carboxylic acids is 3. The van der Waals surface area contributed by atoms with Crippen LogP contribution < -0.4 is 21.1 Å². The number of nitrogens with one attached hydrogen (secondary N) is 2. The number of hydrogen-bond donors (Lipinski definition) is 3. The first-order valence-corrected chi connectivity index (χ1v) is 9.69. The number of esters is 1. The number of nitrogens with zero attached hydrogens (tertiary/aromatic N) is 2. The molecule has 34 heavy (non-hydrogen) atoms. The third-order valence-corrected chi connectivity index (χ3v) is 4.48. The Kier molecular flexibility index (Phi) is 7.09. The van der Waals surface area contributed by atoms with Crippen LogP contribution in [0.5, 0.6) is 5.75 Å². The summed E-state index contributed by atoms with van der Waals surface area (Å²) in [5.41, 5.74) is 7.39. The Morgan fingerprint density at radius 1 is 1.06 bits per heavy atom. The van der Waals surface area contributed by atoms with Gasteiger partial charge < -0.3 is 21.1 Å². The van der Waals surface area contributed by atoms with Crippen molar-refractivity contribution in [2.45, 2.75) is 12.7 Å². The van der Waals surface area contributed by atoms with E-state index in [1.807, 2.05) is 0 Å². The monoisotopic (exact) mass is 473 g/mol. The predicted octanol–water partition coefficient (Wildman–Crippen LogP) is 2.48. The first-order valence-electron chi connectivity index (χ1n) is 9.69. The first kappa shape index (κ1) is 24.2. The lowest BCUT2D eigenvalue weighted by molar-refractivity contribution is -0.189. The largest absolute Gasteiger partial charge is 0.491 e. The maximum Gasteiger partial charge on any atom is 0.491 e. The molecule has 2 amide bonds. The third-order valence-electron chi connectivity index (χ3n) is 4.48. The first-order chi connectivity index (χ1) is 16.1. The molecule has 0 aliphatic heterocycles. The van der Waals surface area contributed by atoms with Crippen LogP contribution in [0.1, 0.15) is 26.4 Å². The van der Waals surface area contributed by atoms with Crippen LogP contribution in [0.4, 0.5) is 19.0 Å². The fourth-order valence-electron chi connectivity index (χ4n) is 2.77. The second kappa shape index (κ2) is 9.98. The summed E-state index contributed by atoms with van der Waals surface area (Å²) in [5, 5.41) is 5.10. The number of nitrogens with two attached hydrogens (primary N) is 1. The van der Waals surface area contributed by atoms with Crippen LogP contribution >= 0.6 is 0 Å². The fourth-order valence-corrected chi connectivity index (χ4v) is 2.77. The Morgan fingerprint density at radius 3 is 2.41 bits per heavy atom. The minimum atomic E-state index is -5.09. The van der Waals surface area contributed by atoms with Gasteiger partial charge in [-0.3, -0.25) is 9.59 Å². The van der Waals surface area contributed by atoms with E-state index in [0.29, 0.717) is 22.4 Å². The number of nitrogen functional groups attached to an aromatic ring is 1. The molecule has 0 aliphatic carbocycles. The van der Waals surface area contributed by atoms with Crippen molar-refractivity contribution in [1.29, 1.82) is 0 Å². The SMILES string of the molecule is CNC(=O)c1nc(-c2cccc(C(=O)NCc3ccc(OC(=O)C(F)(F)F)cc3)c2)cnc1N. The van der Waals surface area contributed by atoms with E-state index in [4.69, 9.17) is 5.73 Å². The topological polar surface area (TPSA) is 136 Å². The highest BCUT2D eigenvalue weighted by molar-refractivity contribution is 5.97. The average molecular weight is 473 g/mol. The Bertz CT molecular complexity index is 1230. The molecule has 1 aromatic heterocycles. The zero-order valence-corrected chi connectivity index (χ0v) is 17.6. The van der Waals surface area contributed by atoms with Crippen molar-refractivity contribution < 1.29 is 32.3 Å². The van der Waals surface area contributed by atoms with Gasteiger partial charge in [-0.15, -0.1) is 0 Å². The van der Waals surface area contributed by atoms with Gasteiger partial charge in [0.1, 0.15) is 5.75 Å². The van der Waals surface area contributed by atoms with E-state index in [2.05, 4.69) is 25.3 Å². The molecule has 0 aliphatic rings. The van der Waals surface area contributed by atoms with E-state index in [1.165, 1.54) is 37.5 Å². The average Bonchev–Trinajstić information content (AvgIpc) is 2.82. The Morgan fingerprint density at radius 2 is 1.76 bits per heavy atom. The number of anilines is 1. The Labute approximate surface area is 191 Å². The molecule has 3 aromatic rings. The van der Waals surface area contributed by atoms with E-state index in [-0.39, 0.29) is 23.8 Å². The zero-order valence-electron chi connectivity index (χ0n) is 17.6. The summed E-state index contributed by atoms with van der Waals surface area (Å²) in [5.74, 6) is -3.55. The van der Waals surface area contributed by atoms with Gasteiger partial charge in [0, 0.05) is 24.7 Å². The zero-order chi connectivity index (χ0) is 24.9. The van der Waals surface area contributed by atoms with Gasteiger partial charge in [-0.05, 0) is 29.8 Å². The van der Waals surface area contributed by atoms with Crippen molar-refractivity contribution in [2.24, 2.45) is 0 Å². The van der Waals surface area contributed by atoms with Crippen molar-refractivity contribution in [2.75, 3.05) is 12.8 Å². The summed E-state index contributed by atoms with van der Waals surface area (Å²) in [6, 6.07) is 11.7. The molecule has 3 rings (SSSR count). The number of alkyl halides is 3. The van der Waals surface area contributed by atoms with Gasteiger partial charge in [0.2, 0.25) is 0 Å². The molecule has 2 aromatic carbocycles. The lowest BCUT2D eigenvalue weighted by Gasteiger charge is -2.10. The van der Waals surface area contributed by atoms with Gasteiger partial charge >= 0.3 is 12.1 Å². The van der Waals surface area contributed by atoms with Gasteiger partial charge in [-0.25, -0.2) is 14.8 Å². The number of ether oxygens (including phenoxy) is 1. The molecule has 0 radical (unpaired) electrons. The molecule has 0 bridgehead atoms. The van der Waals surface area contributed by atoms with E-state index in [1.54, 1.807) is 24.3 Å². The highest BCUT2D eigenvalue weighted by Crippen LogP contribution is 2.21. The minimum Gasteiger partial charge on any atom is -0.420 e. The Balaban J connectivity index is 1.67. The second-order valence-corrected chi connectivity index (χ2v) is 6.86. The predicted molar refractivity (Wildman–Crippen MR) is 115 cm³/mol. The summed E-state index contributed by atoms with van der Waals surface area (Å²) in [6.07, 6.45) is -3.71. The van der Waals surface area contributed by atoms with Crippen LogP contribution in [-0.2, 0) is 11.3 Å². The summed E-state index contributed by atoms with van der Waals surface area (Å²) in [7, 11) is 1.43. The van der Waals surface area contributed by atoms with Crippen molar-refractivity contribution in [3.63, 3.8) is 0 Å². The van der Waals surface area contributed by atoms with Crippen LogP contribution in [0, 0.1) is 0 Å². The molecule has 0 fully saturated rings. The van der Waals surface area contributed by atoms with Crippen LogP contribution in [0.3, 0.4) is 0 Å². The minimum absolute atomic E-state index is 0.0313. The quantitative estimate of drug-likeness (QED) is 0.370. The van der Waals surface area contributed by atoms with E-state index in [9.17, 15) is 27.6 Å². The summed E-state index contributed by atoms with van der Waals surface area (Å²) in [6.45, 7) is 0.0685. The van der Waals surface area contributed by atoms with Crippen molar-refractivity contribution in [3.05, 3.63) is 71.5 Å². The Hall–Kier alpha value is -4.48. The van der Waals surface area contributed by atoms with Crippen LogP contribution in [0.25, 0.3) is 11.3 Å². The van der Waals surface area contributed by atoms with E-state index >= 15 is 0 Å². The van der Waals surface area contributed by atoms with Crippen molar-refractivity contribution in [1.82, 2.24) is 20.6 Å². The molecule has 0 spiro atoms. The van der Waals surface area contributed by atoms with Crippen LogP contribution in [0.15, 0.2) is 54.7 Å². The summed E-state index contributed by atoms with van der Waals surface area (Å²) in [4.78, 5) is 43.5. The van der Waals surface area contributed by atoms with Gasteiger partial charge in [0.25, 0.3) is 11.8 Å². The standard InChI is InChI=1S/C22H18F3N5O4/c1-27-20(32)17-18(26)28-11-16(30-17)13-3-2-4-14(9-13)19(31)29-10-12-5-7-15(8-6-12)34-21(33)22(23,24)25/h2-9,11H,10H2,1H3,(H2,26,28)(H,27,32)(H,29,31). The molecule has 0 unspecified atom stereocenters. The highest BCUT2D eigenvalue weighted by Gasteiger charge is 2.41. The molecular formula is C22H18F3N5O4. The van der Waals surface area contributed by atoms with Crippen LogP contribution in [0.2, 0.25) is 0 Å². The number of halogens is 3. The number of hydrogen-bond acceptors (Lipinski definition) is 7. The number of carbonyl (C=O) groups is 3. The number of amides is 2. The van der Waals surface area contributed by atoms with Crippen molar-refractivity contribution in [3.8, 4) is 17.0 Å². The molecule has 0 saturated carbocycles. The maximum atomic E-state index is 12.6. The van der Waals surface area contributed by atoms with E-state index in [0.717, 1.165) is 0 Å². The number of rotatable bonds is 6. The lowest BCUT2D eigenvalue weighted by Crippen LogP contribution is -2.28. The molecule has 0 saturated heterocycles. The van der Waals surface area contributed by atoms with Gasteiger partial charge in [0.15, 0.2) is 11.5 Å². The summed E-state index contributed by atoms with van der Waals surface area (Å²) >= 11 is 0. The normalized spacial score (nSPS) is 10.9. The molecular weight excluding hydrogens is 455 g/mol. The number of benzene rings is 2. The third kappa shape index (κ3) is 5.85. The summed E-state index contributed by atoms with van der Waals surface area (Å²) < 4.78 is 41.0. The molecule has 4 N–H and O–H groups in total. The van der Waals surface area contributed by atoms with Gasteiger partial charge in [0.05, 0.1) is 11.9 Å². The molecule has 1 heterocycles. The molecule has 176 valence electrons.